The van der Waals surface area contributed by atoms with E-state index in [-0.39, 0.29) is 11.4 Å². The van der Waals surface area contributed by atoms with Gasteiger partial charge in [-0.3, -0.25) is 0 Å². The zero-order valence-corrected chi connectivity index (χ0v) is 14.8. The number of carbonyl (C=O) groups excluding carboxylic acids is 1. The molecule has 0 unspecified atom stereocenters. The molecule has 1 aliphatic rings. The van der Waals surface area contributed by atoms with E-state index in [1.807, 2.05) is 17.0 Å². The predicted octanol–water partition coefficient (Wildman–Crippen LogP) is 2.32. The van der Waals surface area contributed by atoms with Gasteiger partial charge in [-0.25, -0.2) is 4.79 Å². The monoisotopic (exact) mass is 319 g/mol. The van der Waals surface area contributed by atoms with E-state index in [9.17, 15) is 4.79 Å². The van der Waals surface area contributed by atoms with E-state index in [2.05, 4.69) is 50.2 Å². The van der Waals surface area contributed by atoms with Gasteiger partial charge < -0.3 is 19.9 Å². The van der Waals surface area contributed by atoms with Gasteiger partial charge in [-0.1, -0.05) is 32.9 Å². The zero-order valence-electron chi connectivity index (χ0n) is 14.8. The first-order valence-corrected chi connectivity index (χ1v) is 8.31. The highest BCUT2D eigenvalue weighted by Gasteiger charge is 2.18. The summed E-state index contributed by atoms with van der Waals surface area (Å²) in [5, 5.41) is 2.92. The van der Waals surface area contributed by atoms with Gasteiger partial charge in [0.15, 0.2) is 0 Å². The fourth-order valence-electron chi connectivity index (χ4n) is 2.50. The van der Waals surface area contributed by atoms with Gasteiger partial charge in [0, 0.05) is 26.2 Å². The zero-order chi connectivity index (χ0) is 16.9. The van der Waals surface area contributed by atoms with Gasteiger partial charge in [-0.05, 0) is 30.2 Å². The van der Waals surface area contributed by atoms with E-state index in [0.29, 0.717) is 13.2 Å². The molecule has 0 radical (unpaired) electrons. The molecule has 0 bridgehead atoms. The topological polar surface area (TPSA) is 44.8 Å². The summed E-state index contributed by atoms with van der Waals surface area (Å²) in [4.78, 5) is 16.1. The highest BCUT2D eigenvalue weighted by Crippen LogP contribution is 2.24. The Morgan fingerprint density at radius 1 is 1.13 bits per heavy atom. The second-order valence-corrected chi connectivity index (χ2v) is 7.15. The van der Waals surface area contributed by atoms with Gasteiger partial charge >= 0.3 is 6.03 Å². The maximum atomic E-state index is 12.0. The molecular formula is C18H29N3O2. The number of amides is 2. The Kier molecular flexibility index (Phi) is 5.88. The Bertz CT molecular complexity index is 500. The lowest BCUT2D eigenvalue weighted by Gasteiger charge is -2.32. The third kappa shape index (κ3) is 5.43. The lowest BCUT2D eigenvalue weighted by atomic mass is 9.87. The van der Waals surface area contributed by atoms with E-state index in [4.69, 9.17) is 4.74 Å². The van der Waals surface area contributed by atoms with Crippen molar-refractivity contribution in [2.45, 2.75) is 26.2 Å². The second kappa shape index (κ2) is 7.68. The predicted molar refractivity (Wildman–Crippen MR) is 93.1 cm³/mol. The summed E-state index contributed by atoms with van der Waals surface area (Å²) < 4.78 is 5.69. The molecule has 2 rings (SSSR count). The molecule has 1 aromatic rings. The molecule has 1 aliphatic heterocycles. The van der Waals surface area contributed by atoms with Crippen LogP contribution in [0.25, 0.3) is 0 Å². The van der Waals surface area contributed by atoms with Crippen LogP contribution in [0.1, 0.15) is 26.3 Å². The number of carbonyl (C=O) groups is 1. The van der Waals surface area contributed by atoms with Gasteiger partial charge in [0.05, 0.1) is 6.54 Å². The van der Waals surface area contributed by atoms with Crippen LogP contribution < -0.4 is 10.1 Å². The van der Waals surface area contributed by atoms with Crippen molar-refractivity contribution in [1.29, 1.82) is 0 Å². The van der Waals surface area contributed by atoms with Crippen LogP contribution in [0, 0.1) is 0 Å². The maximum Gasteiger partial charge on any atom is 0.317 e. The fourth-order valence-corrected chi connectivity index (χ4v) is 2.50. The van der Waals surface area contributed by atoms with Crippen molar-refractivity contribution in [1.82, 2.24) is 15.1 Å². The molecule has 0 saturated carbocycles. The minimum atomic E-state index is 0.00443. The van der Waals surface area contributed by atoms with Crippen LogP contribution in [0.15, 0.2) is 24.3 Å². The minimum Gasteiger partial charge on any atom is -0.492 e. The molecule has 1 aromatic carbocycles. The van der Waals surface area contributed by atoms with Crippen molar-refractivity contribution in [3.63, 3.8) is 0 Å². The first kappa shape index (κ1) is 17.6. The number of hydrogen-bond donors (Lipinski definition) is 1. The van der Waals surface area contributed by atoms with Crippen LogP contribution in [0.5, 0.6) is 5.75 Å². The third-order valence-electron chi connectivity index (χ3n) is 4.16. The number of benzene rings is 1. The van der Waals surface area contributed by atoms with Crippen molar-refractivity contribution in [2.75, 3.05) is 46.4 Å². The second-order valence-electron chi connectivity index (χ2n) is 7.15. The maximum absolute atomic E-state index is 12.0. The minimum absolute atomic E-state index is 0.00443. The van der Waals surface area contributed by atoms with Crippen LogP contribution >= 0.6 is 0 Å². The van der Waals surface area contributed by atoms with E-state index in [1.54, 1.807) is 0 Å². The molecule has 0 aliphatic carbocycles. The van der Waals surface area contributed by atoms with E-state index in [1.165, 1.54) is 5.56 Å². The summed E-state index contributed by atoms with van der Waals surface area (Å²) in [6, 6.07) is 8.17. The normalized spacial score (nSPS) is 16.3. The van der Waals surface area contributed by atoms with Gasteiger partial charge in [-0.15, -0.1) is 0 Å². The van der Waals surface area contributed by atoms with Crippen molar-refractivity contribution in [3.05, 3.63) is 29.8 Å². The lowest BCUT2D eigenvalue weighted by Crippen LogP contribution is -2.51. The summed E-state index contributed by atoms with van der Waals surface area (Å²) in [6.07, 6.45) is 0. The van der Waals surface area contributed by atoms with Crippen molar-refractivity contribution < 1.29 is 9.53 Å². The van der Waals surface area contributed by atoms with Crippen LogP contribution in [0.3, 0.4) is 0 Å². The quantitative estimate of drug-likeness (QED) is 0.866. The SMILES string of the molecule is CN1CCN(C(=O)NCCOc2ccc(C(C)(C)C)cc2)CC1. The Balaban J connectivity index is 1.68. The molecule has 0 spiro atoms. The van der Waals surface area contributed by atoms with Crippen molar-refractivity contribution >= 4 is 6.03 Å². The summed E-state index contributed by atoms with van der Waals surface area (Å²) in [6.45, 7) is 11.0. The number of rotatable bonds is 4. The van der Waals surface area contributed by atoms with E-state index >= 15 is 0 Å². The molecule has 1 saturated heterocycles. The average Bonchev–Trinajstić information content (AvgIpc) is 2.51. The number of nitrogens with one attached hydrogen (secondary N) is 1. The first-order valence-electron chi connectivity index (χ1n) is 8.31. The number of hydrogen-bond acceptors (Lipinski definition) is 3. The highest BCUT2D eigenvalue weighted by molar-refractivity contribution is 5.74. The van der Waals surface area contributed by atoms with Crippen molar-refractivity contribution in [2.24, 2.45) is 0 Å². The van der Waals surface area contributed by atoms with Gasteiger partial charge in [0.2, 0.25) is 0 Å². The molecule has 1 N–H and O–H groups in total. The summed E-state index contributed by atoms with van der Waals surface area (Å²) in [7, 11) is 2.08. The smallest absolute Gasteiger partial charge is 0.317 e. The Morgan fingerprint density at radius 3 is 2.30 bits per heavy atom. The molecule has 0 aromatic heterocycles. The molecule has 23 heavy (non-hydrogen) atoms. The first-order chi connectivity index (χ1) is 10.9. The van der Waals surface area contributed by atoms with Crippen LogP contribution in [0.2, 0.25) is 0 Å². The molecule has 0 atom stereocenters. The van der Waals surface area contributed by atoms with Crippen LogP contribution in [-0.4, -0.2) is 62.2 Å². The van der Waals surface area contributed by atoms with Gasteiger partial charge in [-0.2, -0.15) is 0 Å². The molecule has 1 heterocycles. The van der Waals surface area contributed by atoms with Crippen molar-refractivity contribution in [3.8, 4) is 5.75 Å². The highest BCUT2D eigenvalue weighted by atomic mass is 16.5. The third-order valence-corrected chi connectivity index (χ3v) is 4.16. The lowest BCUT2D eigenvalue weighted by molar-refractivity contribution is 0.153. The molecule has 128 valence electrons. The Morgan fingerprint density at radius 2 is 1.74 bits per heavy atom. The summed E-state index contributed by atoms with van der Waals surface area (Å²) in [5.41, 5.74) is 1.43. The Labute approximate surface area is 139 Å². The standard InChI is InChI=1S/C18H29N3O2/c1-18(2,3)15-5-7-16(8-6-15)23-14-9-19-17(22)21-12-10-20(4)11-13-21/h5-8H,9-14H2,1-4H3,(H,19,22). The van der Waals surface area contributed by atoms with Gasteiger partial charge in [0.1, 0.15) is 12.4 Å². The molecule has 5 heteroatoms. The Hall–Kier alpha value is -1.75. The van der Waals surface area contributed by atoms with E-state index < -0.39 is 0 Å². The number of urea groups is 1. The number of ether oxygens (including phenoxy) is 1. The molecular weight excluding hydrogens is 290 g/mol. The number of nitrogens with zero attached hydrogens (tertiary/aromatic N) is 2. The largest absolute Gasteiger partial charge is 0.492 e. The molecule has 1 fully saturated rings. The summed E-state index contributed by atoms with van der Waals surface area (Å²) >= 11 is 0. The fraction of sp³-hybridized carbons (Fsp3) is 0.611. The average molecular weight is 319 g/mol. The number of piperazine rings is 1. The number of likely N-dealkylation sites (N-methyl/N-ethyl adjacent to an activating group) is 1. The molecule has 5 nitrogen and oxygen atoms in total. The van der Waals surface area contributed by atoms with E-state index in [0.717, 1.165) is 31.9 Å². The van der Waals surface area contributed by atoms with Crippen LogP contribution in [-0.2, 0) is 5.41 Å². The molecule has 2 amide bonds. The van der Waals surface area contributed by atoms with Gasteiger partial charge in [0.25, 0.3) is 0 Å². The summed E-state index contributed by atoms with van der Waals surface area (Å²) in [5.74, 6) is 0.840. The van der Waals surface area contributed by atoms with Crippen LogP contribution in [0.4, 0.5) is 4.79 Å².